The number of hydrogen-bond donors (Lipinski definition) is 10. The SMILES string of the molecule is O=c1c([C@@H]2O[C@@H](CO)[C@H](O)[C@H]2O)c(-c2ccc(O)cc2)oc2c([C@@H]3O[C@H](CO)[C@@H](O)[C@H](O)[C@H]3O)c(O)cc(O)c12. The van der Waals surface area contributed by atoms with Crippen molar-refractivity contribution >= 4 is 11.0 Å². The summed E-state index contributed by atoms with van der Waals surface area (Å²) in [5.41, 5.74) is -2.13. The van der Waals surface area contributed by atoms with Gasteiger partial charge in [0, 0.05) is 11.6 Å². The number of benzene rings is 2. The van der Waals surface area contributed by atoms with Crippen LogP contribution in [0.3, 0.4) is 0 Å². The predicted octanol–water partition coefficient (Wildman–Crippen LogP) is -1.75. The number of aliphatic hydroxyl groups is 7. The third-order valence-electron chi connectivity index (χ3n) is 7.33. The zero-order chi connectivity index (χ0) is 29.0. The van der Waals surface area contributed by atoms with Crippen LogP contribution in [0.4, 0.5) is 0 Å². The van der Waals surface area contributed by atoms with E-state index in [9.17, 15) is 55.9 Å². The zero-order valence-corrected chi connectivity index (χ0v) is 20.6. The van der Waals surface area contributed by atoms with Crippen molar-refractivity contribution < 1.29 is 65.0 Å². The number of aliphatic hydroxyl groups excluding tert-OH is 7. The van der Waals surface area contributed by atoms with Gasteiger partial charge in [-0.15, -0.1) is 0 Å². The van der Waals surface area contributed by atoms with Crippen molar-refractivity contribution in [2.75, 3.05) is 13.2 Å². The van der Waals surface area contributed by atoms with Gasteiger partial charge in [0.15, 0.2) is 5.58 Å². The molecule has 2 aliphatic heterocycles. The van der Waals surface area contributed by atoms with Gasteiger partial charge in [0.1, 0.15) is 83.3 Å². The van der Waals surface area contributed by atoms with Crippen LogP contribution >= 0.6 is 0 Å². The Kier molecular flexibility index (Phi) is 7.47. The average Bonchev–Trinajstić information content (AvgIpc) is 3.21. The molecule has 0 bridgehead atoms. The monoisotopic (exact) mass is 564 g/mol. The molecule has 0 unspecified atom stereocenters. The maximum Gasteiger partial charge on any atom is 0.203 e. The fourth-order valence-electron chi connectivity index (χ4n) is 5.21. The highest BCUT2D eigenvalue weighted by Gasteiger charge is 2.48. The van der Waals surface area contributed by atoms with E-state index in [1.165, 1.54) is 24.3 Å². The molecule has 0 amide bonds. The van der Waals surface area contributed by atoms with Crippen molar-refractivity contribution in [3.05, 3.63) is 51.7 Å². The van der Waals surface area contributed by atoms with Crippen molar-refractivity contribution in [2.45, 2.75) is 54.9 Å². The third-order valence-corrected chi connectivity index (χ3v) is 7.33. The normalized spacial score (nSPS) is 32.5. The Morgan fingerprint density at radius 2 is 1.20 bits per heavy atom. The quantitative estimate of drug-likeness (QED) is 0.165. The van der Waals surface area contributed by atoms with Crippen LogP contribution < -0.4 is 5.43 Å². The van der Waals surface area contributed by atoms with Crippen LogP contribution in [0.5, 0.6) is 17.2 Å². The van der Waals surface area contributed by atoms with Crippen molar-refractivity contribution in [1.29, 1.82) is 0 Å². The van der Waals surface area contributed by atoms with Crippen LogP contribution in [-0.4, -0.2) is 107 Å². The minimum absolute atomic E-state index is 0.140. The molecule has 2 aromatic carbocycles. The minimum Gasteiger partial charge on any atom is -0.508 e. The first-order valence-electron chi connectivity index (χ1n) is 12.3. The van der Waals surface area contributed by atoms with Crippen LogP contribution in [0.15, 0.2) is 39.5 Å². The second-order valence-corrected chi connectivity index (χ2v) is 9.76. The van der Waals surface area contributed by atoms with E-state index < -0.39 is 102 Å². The molecule has 9 atom stereocenters. The molecule has 5 rings (SSSR count). The molecule has 0 saturated carbocycles. The molecule has 2 aliphatic rings. The Hall–Kier alpha value is -3.31. The first-order chi connectivity index (χ1) is 19.0. The molecule has 14 nitrogen and oxygen atoms in total. The molecule has 2 fully saturated rings. The summed E-state index contributed by atoms with van der Waals surface area (Å²) in [6.07, 6.45) is -14.6. The summed E-state index contributed by atoms with van der Waals surface area (Å²) in [5, 5.41) is 102. The van der Waals surface area contributed by atoms with E-state index in [2.05, 4.69) is 0 Å². The molecule has 0 radical (unpaired) electrons. The molecule has 3 heterocycles. The standard InChI is InChI=1S/C26H28O14/c27-6-12-17(32)20(35)22(37)25(38-12)15-11(31)5-10(30)14-19(34)16(26-21(36)18(33)13(7-28)39-26)23(40-24(14)15)8-1-3-9(29)4-2-8/h1-5,12-13,17-18,20-22,25-33,35-37H,6-7H2/t12-,13+,17-,18+,20+,21-,22-,25+,26+/m1/s1. The number of phenolic OH excluding ortho intramolecular Hbond substituents is 3. The summed E-state index contributed by atoms with van der Waals surface area (Å²) in [6.45, 7) is -1.47. The number of phenols is 3. The highest BCUT2D eigenvalue weighted by Crippen LogP contribution is 2.46. The second-order valence-electron chi connectivity index (χ2n) is 9.76. The van der Waals surface area contributed by atoms with Gasteiger partial charge in [0.05, 0.1) is 24.3 Å². The fraction of sp³-hybridized carbons (Fsp3) is 0.423. The number of ether oxygens (including phenoxy) is 2. The highest BCUT2D eigenvalue weighted by molar-refractivity contribution is 5.90. The van der Waals surface area contributed by atoms with Crippen LogP contribution in [0.2, 0.25) is 0 Å². The Labute approximate surface area is 224 Å². The molecule has 1 aromatic heterocycles. The van der Waals surface area contributed by atoms with E-state index in [1.807, 2.05) is 0 Å². The molecule has 216 valence electrons. The van der Waals surface area contributed by atoms with Gasteiger partial charge in [-0.1, -0.05) is 0 Å². The highest BCUT2D eigenvalue weighted by atomic mass is 16.6. The van der Waals surface area contributed by atoms with Gasteiger partial charge in [-0.3, -0.25) is 4.79 Å². The summed E-state index contributed by atoms with van der Waals surface area (Å²) in [7, 11) is 0. The molecule has 10 N–H and O–H groups in total. The summed E-state index contributed by atoms with van der Waals surface area (Å²) < 4.78 is 17.2. The lowest BCUT2D eigenvalue weighted by atomic mass is 9.89. The van der Waals surface area contributed by atoms with Crippen molar-refractivity contribution in [1.82, 2.24) is 0 Å². The van der Waals surface area contributed by atoms with Crippen molar-refractivity contribution in [3.8, 4) is 28.6 Å². The van der Waals surface area contributed by atoms with E-state index >= 15 is 0 Å². The zero-order valence-electron chi connectivity index (χ0n) is 20.6. The van der Waals surface area contributed by atoms with Gasteiger partial charge in [-0.05, 0) is 24.3 Å². The third kappa shape index (κ3) is 4.39. The van der Waals surface area contributed by atoms with Gasteiger partial charge < -0.3 is 65.0 Å². The lowest BCUT2D eigenvalue weighted by molar-refractivity contribution is -0.231. The molecular formula is C26H28O14. The molecule has 0 spiro atoms. The second kappa shape index (κ2) is 10.6. The molecule has 14 heteroatoms. The molecular weight excluding hydrogens is 536 g/mol. The fourth-order valence-corrected chi connectivity index (χ4v) is 5.21. The van der Waals surface area contributed by atoms with Crippen LogP contribution in [0, 0.1) is 0 Å². The van der Waals surface area contributed by atoms with Crippen LogP contribution in [-0.2, 0) is 9.47 Å². The number of rotatable bonds is 5. The van der Waals surface area contributed by atoms with Gasteiger partial charge >= 0.3 is 0 Å². The lowest BCUT2D eigenvalue weighted by Gasteiger charge is -2.40. The Morgan fingerprint density at radius 1 is 0.675 bits per heavy atom. The van der Waals surface area contributed by atoms with Gasteiger partial charge in [-0.25, -0.2) is 0 Å². The number of hydrogen-bond acceptors (Lipinski definition) is 14. The van der Waals surface area contributed by atoms with E-state index in [4.69, 9.17) is 13.9 Å². The first-order valence-corrected chi connectivity index (χ1v) is 12.3. The van der Waals surface area contributed by atoms with Crippen molar-refractivity contribution in [3.63, 3.8) is 0 Å². The maximum atomic E-state index is 14.0. The summed E-state index contributed by atoms with van der Waals surface area (Å²) in [5.74, 6) is -1.93. The van der Waals surface area contributed by atoms with Gasteiger partial charge in [0.2, 0.25) is 5.43 Å². The largest absolute Gasteiger partial charge is 0.508 e. The average molecular weight is 564 g/mol. The van der Waals surface area contributed by atoms with E-state index in [-0.39, 0.29) is 22.6 Å². The van der Waals surface area contributed by atoms with Crippen molar-refractivity contribution in [2.24, 2.45) is 0 Å². The molecule has 40 heavy (non-hydrogen) atoms. The Balaban J connectivity index is 1.82. The van der Waals surface area contributed by atoms with E-state index in [0.717, 1.165) is 6.07 Å². The van der Waals surface area contributed by atoms with E-state index in [1.54, 1.807) is 0 Å². The minimum atomic E-state index is -1.89. The molecule has 0 aliphatic carbocycles. The predicted molar refractivity (Wildman–Crippen MR) is 132 cm³/mol. The van der Waals surface area contributed by atoms with Gasteiger partial charge in [-0.2, -0.15) is 0 Å². The number of fused-ring (bicyclic) bond motifs is 1. The number of aromatic hydroxyl groups is 3. The maximum absolute atomic E-state index is 14.0. The summed E-state index contributed by atoms with van der Waals surface area (Å²) in [6, 6.07) is 5.98. The first kappa shape index (κ1) is 28.2. The smallest absolute Gasteiger partial charge is 0.203 e. The van der Waals surface area contributed by atoms with Crippen LogP contribution in [0.25, 0.3) is 22.3 Å². The lowest BCUT2D eigenvalue weighted by Crippen LogP contribution is -2.55. The topological polar surface area (TPSA) is 251 Å². The summed E-state index contributed by atoms with van der Waals surface area (Å²) in [4.78, 5) is 14.0. The Morgan fingerprint density at radius 3 is 1.75 bits per heavy atom. The summed E-state index contributed by atoms with van der Waals surface area (Å²) >= 11 is 0. The van der Waals surface area contributed by atoms with Crippen LogP contribution in [0.1, 0.15) is 23.3 Å². The van der Waals surface area contributed by atoms with Gasteiger partial charge in [0.25, 0.3) is 0 Å². The van der Waals surface area contributed by atoms with E-state index in [0.29, 0.717) is 0 Å². The Bertz CT molecular complexity index is 1450. The molecule has 3 aromatic rings. The molecule has 2 saturated heterocycles.